The summed E-state index contributed by atoms with van der Waals surface area (Å²) in [5, 5.41) is 3.75. The van der Waals surface area contributed by atoms with E-state index in [9.17, 15) is 0 Å². The summed E-state index contributed by atoms with van der Waals surface area (Å²) in [6, 6.07) is 7.25. The second-order valence-corrected chi connectivity index (χ2v) is 8.26. The molecule has 2 nitrogen and oxygen atoms in total. The van der Waals surface area contributed by atoms with Crippen LogP contribution in [-0.2, 0) is 13.0 Å². The van der Waals surface area contributed by atoms with Gasteiger partial charge in [-0.3, -0.25) is 0 Å². The smallest absolute Gasteiger partial charge is 0.127 e. The van der Waals surface area contributed by atoms with Crippen molar-refractivity contribution >= 4 is 0 Å². The third-order valence-corrected chi connectivity index (χ3v) is 5.09. The van der Waals surface area contributed by atoms with Crippen LogP contribution in [0.2, 0.25) is 0 Å². The molecule has 1 saturated carbocycles. The lowest BCUT2D eigenvalue weighted by atomic mass is 9.75. The van der Waals surface area contributed by atoms with Crippen molar-refractivity contribution in [2.75, 3.05) is 0 Å². The Kier molecular flexibility index (Phi) is 3.77. The molecule has 1 N–H and O–H groups in total. The van der Waals surface area contributed by atoms with Gasteiger partial charge in [0, 0.05) is 24.6 Å². The average Bonchev–Trinajstić information content (AvgIpc) is 2.72. The molecule has 1 aliphatic heterocycles. The van der Waals surface area contributed by atoms with Gasteiger partial charge < -0.3 is 10.1 Å². The monoisotopic (exact) mass is 287 g/mol. The third-order valence-electron chi connectivity index (χ3n) is 5.09. The van der Waals surface area contributed by atoms with Crippen LogP contribution in [-0.4, -0.2) is 11.6 Å². The Hall–Kier alpha value is -1.02. The first kappa shape index (κ1) is 14.9. The van der Waals surface area contributed by atoms with E-state index >= 15 is 0 Å². The Balaban J connectivity index is 1.62. The molecule has 116 valence electrons. The molecule has 0 radical (unpaired) electrons. The van der Waals surface area contributed by atoms with Crippen LogP contribution in [0, 0.1) is 5.41 Å². The van der Waals surface area contributed by atoms with E-state index in [1.165, 1.54) is 36.8 Å². The summed E-state index contributed by atoms with van der Waals surface area (Å²) in [6.45, 7) is 10.1. The van der Waals surface area contributed by atoms with Crippen molar-refractivity contribution in [1.29, 1.82) is 0 Å². The molecule has 2 aliphatic rings. The first-order valence-corrected chi connectivity index (χ1v) is 8.38. The van der Waals surface area contributed by atoms with Crippen LogP contribution in [0.5, 0.6) is 5.75 Å². The quantitative estimate of drug-likeness (QED) is 0.886. The SMILES string of the molecule is CC1(C)CCC(NCc2cccc3c2OC(C)(C)C3)CC1. The average molecular weight is 287 g/mol. The first-order chi connectivity index (χ1) is 9.85. The summed E-state index contributed by atoms with van der Waals surface area (Å²) < 4.78 is 6.16. The zero-order valence-corrected chi connectivity index (χ0v) is 14.0. The van der Waals surface area contributed by atoms with Crippen LogP contribution >= 0.6 is 0 Å². The Morgan fingerprint density at radius 3 is 2.57 bits per heavy atom. The first-order valence-electron chi connectivity index (χ1n) is 8.38. The van der Waals surface area contributed by atoms with Gasteiger partial charge in [-0.25, -0.2) is 0 Å². The molecule has 0 aromatic heterocycles. The lowest BCUT2D eigenvalue weighted by Crippen LogP contribution is -2.35. The molecular formula is C19H29NO. The minimum Gasteiger partial charge on any atom is -0.487 e. The Morgan fingerprint density at radius 1 is 1.14 bits per heavy atom. The normalized spacial score (nSPS) is 23.6. The molecule has 0 saturated heterocycles. The fraction of sp³-hybridized carbons (Fsp3) is 0.684. The maximum absolute atomic E-state index is 6.16. The van der Waals surface area contributed by atoms with Crippen LogP contribution < -0.4 is 10.1 Å². The molecule has 3 rings (SSSR count). The standard InChI is InChI=1S/C19H29NO/c1-18(2)10-8-16(9-11-18)20-13-15-7-5-6-14-12-19(3,4)21-17(14)15/h5-7,16,20H,8-13H2,1-4H3. The van der Waals surface area contributed by atoms with Gasteiger partial charge in [0.05, 0.1) is 0 Å². The molecule has 0 unspecified atom stereocenters. The van der Waals surface area contributed by atoms with Gasteiger partial charge in [0.25, 0.3) is 0 Å². The molecular weight excluding hydrogens is 258 g/mol. The molecule has 1 aromatic rings. The second-order valence-electron chi connectivity index (χ2n) is 8.26. The molecule has 0 spiro atoms. The largest absolute Gasteiger partial charge is 0.487 e. The highest BCUT2D eigenvalue weighted by atomic mass is 16.5. The van der Waals surface area contributed by atoms with Crippen LogP contribution in [0.4, 0.5) is 0 Å². The minimum atomic E-state index is -0.0483. The zero-order valence-electron chi connectivity index (χ0n) is 14.0. The van der Waals surface area contributed by atoms with E-state index in [-0.39, 0.29) is 5.60 Å². The molecule has 2 heteroatoms. The highest BCUT2D eigenvalue weighted by Gasteiger charge is 2.32. The predicted molar refractivity (Wildman–Crippen MR) is 87.7 cm³/mol. The van der Waals surface area contributed by atoms with Crippen molar-refractivity contribution in [1.82, 2.24) is 5.32 Å². The maximum atomic E-state index is 6.16. The Morgan fingerprint density at radius 2 is 1.86 bits per heavy atom. The van der Waals surface area contributed by atoms with E-state index in [1.807, 2.05) is 0 Å². The topological polar surface area (TPSA) is 21.3 Å². The zero-order chi connectivity index (χ0) is 15.1. The fourth-order valence-corrected chi connectivity index (χ4v) is 3.68. The van der Waals surface area contributed by atoms with Gasteiger partial charge in [-0.1, -0.05) is 32.0 Å². The lowest BCUT2D eigenvalue weighted by Gasteiger charge is -2.34. The van der Waals surface area contributed by atoms with Crippen molar-refractivity contribution < 1.29 is 4.74 Å². The van der Waals surface area contributed by atoms with Gasteiger partial charge >= 0.3 is 0 Å². The van der Waals surface area contributed by atoms with Crippen molar-refractivity contribution in [3.8, 4) is 5.75 Å². The number of rotatable bonds is 3. The van der Waals surface area contributed by atoms with E-state index in [4.69, 9.17) is 4.74 Å². The number of nitrogens with one attached hydrogen (secondary N) is 1. The number of ether oxygens (including phenoxy) is 1. The maximum Gasteiger partial charge on any atom is 0.127 e. The summed E-state index contributed by atoms with van der Waals surface area (Å²) in [5.41, 5.74) is 3.18. The van der Waals surface area contributed by atoms with E-state index < -0.39 is 0 Å². The van der Waals surface area contributed by atoms with Crippen LogP contribution in [0.1, 0.15) is 64.5 Å². The van der Waals surface area contributed by atoms with Gasteiger partial charge in [-0.2, -0.15) is 0 Å². The van der Waals surface area contributed by atoms with Gasteiger partial charge in [0.15, 0.2) is 0 Å². The van der Waals surface area contributed by atoms with E-state index in [1.54, 1.807) is 0 Å². The van der Waals surface area contributed by atoms with Gasteiger partial charge in [0.1, 0.15) is 11.4 Å². The molecule has 1 aromatic carbocycles. The number of hydrogen-bond acceptors (Lipinski definition) is 2. The molecule has 0 amide bonds. The molecule has 1 aliphatic carbocycles. The van der Waals surface area contributed by atoms with E-state index in [0.717, 1.165) is 18.7 Å². The third kappa shape index (κ3) is 3.42. The lowest BCUT2D eigenvalue weighted by molar-refractivity contribution is 0.136. The minimum absolute atomic E-state index is 0.0483. The Bertz CT molecular complexity index is 508. The molecule has 0 bridgehead atoms. The Labute approximate surface area is 129 Å². The fourth-order valence-electron chi connectivity index (χ4n) is 3.68. The highest BCUT2D eigenvalue weighted by molar-refractivity contribution is 5.45. The number of fused-ring (bicyclic) bond motifs is 1. The molecule has 0 atom stereocenters. The van der Waals surface area contributed by atoms with Crippen LogP contribution in [0.25, 0.3) is 0 Å². The molecule has 21 heavy (non-hydrogen) atoms. The molecule has 1 fully saturated rings. The molecule has 1 heterocycles. The summed E-state index contributed by atoms with van der Waals surface area (Å²) >= 11 is 0. The van der Waals surface area contributed by atoms with Crippen molar-refractivity contribution in [3.05, 3.63) is 29.3 Å². The second kappa shape index (κ2) is 5.31. The van der Waals surface area contributed by atoms with Crippen molar-refractivity contribution in [2.24, 2.45) is 5.41 Å². The van der Waals surface area contributed by atoms with Crippen LogP contribution in [0.3, 0.4) is 0 Å². The van der Waals surface area contributed by atoms with E-state index in [0.29, 0.717) is 11.5 Å². The summed E-state index contributed by atoms with van der Waals surface area (Å²) in [5.74, 6) is 1.13. The van der Waals surface area contributed by atoms with Crippen molar-refractivity contribution in [2.45, 2.75) is 78.0 Å². The highest BCUT2D eigenvalue weighted by Crippen LogP contribution is 2.38. The summed E-state index contributed by atoms with van der Waals surface area (Å²) in [4.78, 5) is 0. The summed E-state index contributed by atoms with van der Waals surface area (Å²) in [7, 11) is 0. The number of benzene rings is 1. The van der Waals surface area contributed by atoms with Gasteiger partial charge in [-0.15, -0.1) is 0 Å². The number of hydrogen-bond donors (Lipinski definition) is 1. The van der Waals surface area contributed by atoms with Gasteiger partial charge in [0.2, 0.25) is 0 Å². The number of para-hydroxylation sites is 1. The van der Waals surface area contributed by atoms with E-state index in [2.05, 4.69) is 51.2 Å². The van der Waals surface area contributed by atoms with Crippen molar-refractivity contribution in [3.63, 3.8) is 0 Å². The van der Waals surface area contributed by atoms with Crippen LogP contribution in [0.15, 0.2) is 18.2 Å². The predicted octanol–water partition coefficient (Wildman–Crippen LogP) is 4.46. The van der Waals surface area contributed by atoms with Gasteiger partial charge in [-0.05, 0) is 50.5 Å². The summed E-state index contributed by atoms with van der Waals surface area (Å²) in [6.07, 6.45) is 6.29.